The normalized spacial score (nSPS) is 12.5. The van der Waals surface area contributed by atoms with Crippen molar-refractivity contribution in [2.45, 2.75) is 13.0 Å². The van der Waals surface area contributed by atoms with Gasteiger partial charge in [0.1, 0.15) is 0 Å². The Bertz CT molecular complexity index is 801. The molecule has 0 saturated carbocycles. The zero-order valence-electron chi connectivity index (χ0n) is 11.2. The van der Waals surface area contributed by atoms with Gasteiger partial charge >= 0.3 is 0 Å². The van der Waals surface area contributed by atoms with E-state index >= 15 is 0 Å². The van der Waals surface area contributed by atoms with Gasteiger partial charge in [0.05, 0.1) is 16.3 Å². The molecule has 3 rings (SSSR count). The van der Waals surface area contributed by atoms with E-state index in [-0.39, 0.29) is 6.04 Å². The zero-order valence-corrected chi connectivity index (χ0v) is 13.6. The first kappa shape index (κ1) is 14.4. The molecule has 6 heteroatoms. The Morgan fingerprint density at radius 1 is 1.19 bits per heavy atom. The molecular formula is C15H13Cl2N3S. The van der Waals surface area contributed by atoms with Crippen molar-refractivity contribution in [2.24, 2.45) is 0 Å². The van der Waals surface area contributed by atoms with Gasteiger partial charge in [0, 0.05) is 15.7 Å². The van der Waals surface area contributed by atoms with Gasteiger partial charge in [-0.3, -0.25) is 0 Å². The van der Waals surface area contributed by atoms with Crippen LogP contribution in [-0.2, 0) is 0 Å². The molecule has 1 heterocycles. The molecule has 1 atom stereocenters. The summed E-state index contributed by atoms with van der Waals surface area (Å²) in [5.41, 5.74) is 8.45. The van der Waals surface area contributed by atoms with Crippen LogP contribution in [0.1, 0.15) is 18.5 Å². The smallest absolute Gasteiger partial charge is 0.184 e. The van der Waals surface area contributed by atoms with E-state index in [1.807, 2.05) is 37.3 Å². The van der Waals surface area contributed by atoms with Gasteiger partial charge in [0.2, 0.25) is 0 Å². The van der Waals surface area contributed by atoms with Crippen molar-refractivity contribution >= 4 is 55.6 Å². The summed E-state index contributed by atoms with van der Waals surface area (Å²) >= 11 is 13.7. The van der Waals surface area contributed by atoms with Crippen molar-refractivity contribution < 1.29 is 0 Å². The first-order valence-corrected chi connectivity index (χ1v) is 7.98. The predicted molar refractivity (Wildman–Crippen MR) is 92.5 cm³/mol. The third-order valence-corrected chi connectivity index (χ3v) is 4.69. The number of aromatic nitrogens is 1. The Morgan fingerprint density at radius 2 is 2.00 bits per heavy atom. The van der Waals surface area contributed by atoms with Crippen molar-refractivity contribution in [1.82, 2.24) is 4.98 Å². The van der Waals surface area contributed by atoms with E-state index in [0.29, 0.717) is 10.0 Å². The first-order chi connectivity index (χ1) is 10.0. The molecule has 0 aliphatic carbocycles. The Hall–Kier alpha value is -1.49. The summed E-state index contributed by atoms with van der Waals surface area (Å²) in [6.45, 7) is 2.04. The monoisotopic (exact) mass is 337 g/mol. The summed E-state index contributed by atoms with van der Waals surface area (Å²) in [5, 5.41) is 5.49. The highest BCUT2D eigenvalue weighted by Crippen LogP contribution is 2.32. The second kappa shape index (κ2) is 5.72. The van der Waals surface area contributed by atoms with E-state index in [2.05, 4.69) is 10.3 Å². The van der Waals surface area contributed by atoms with Crippen LogP contribution >= 0.6 is 34.5 Å². The lowest BCUT2D eigenvalue weighted by molar-refractivity contribution is 0.883. The van der Waals surface area contributed by atoms with Gasteiger partial charge < -0.3 is 11.1 Å². The Balaban J connectivity index is 1.87. The van der Waals surface area contributed by atoms with E-state index in [1.165, 1.54) is 0 Å². The fourth-order valence-electron chi connectivity index (χ4n) is 2.12. The maximum absolute atomic E-state index is 6.23. The van der Waals surface area contributed by atoms with Crippen molar-refractivity contribution in [3.05, 3.63) is 52.0 Å². The molecule has 1 aromatic heterocycles. The molecule has 108 valence electrons. The van der Waals surface area contributed by atoms with Gasteiger partial charge in [0.25, 0.3) is 0 Å². The van der Waals surface area contributed by atoms with E-state index in [4.69, 9.17) is 28.9 Å². The lowest BCUT2D eigenvalue weighted by Crippen LogP contribution is -2.06. The molecule has 1 unspecified atom stereocenters. The molecule has 2 aromatic carbocycles. The van der Waals surface area contributed by atoms with Gasteiger partial charge in [-0.15, -0.1) is 0 Å². The average molecular weight is 338 g/mol. The second-order valence-electron chi connectivity index (χ2n) is 4.78. The quantitative estimate of drug-likeness (QED) is 0.632. The van der Waals surface area contributed by atoms with Crippen LogP contribution in [0.15, 0.2) is 36.4 Å². The molecule has 3 nitrogen and oxygen atoms in total. The van der Waals surface area contributed by atoms with Crippen LogP contribution in [0.5, 0.6) is 0 Å². The molecule has 3 aromatic rings. The highest BCUT2D eigenvalue weighted by atomic mass is 35.5. The largest absolute Gasteiger partial charge is 0.399 e. The third kappa shape index (κ3) is 3.07. The molecule has 0 saturated heterocycles. The maximum atomic E-state index is 6.23. The van der Waals surface area contributed by atoms with E-state index < -0.39 is 0 Å². The van der Waals surface area contributed by atoms with Crippen LogP contribution in [0, 0.1) is 0 Å². The van der Waals surface area contributed by atoms with Crippen molar-refractivity contribution in [3.8, 4) is 0 Å². The Labute approximate surface area is 136 Å². The third-order valence-electron chi connectivity index (χ3n) is 3.18. The fourth-order valence-corrected chi connectivity index (χ4v) is 3.69. The molecule has 0 spiro atoms. The molecule has 0 amide bonds. The number of nitrogens with one attached hydrogen (secondary N) is 1. The van der Waals surface area contributed by atoms with E-state index in [9.17, 15) is 0 Å². The molecule has 21 heavy (non-hydrogen) atoms. The van der Waals surface area contributed by atoms with Crippen LogP contribution in [0.2, 0.25) is 10.0 Å². The Morgan fingerprint density at radius 3 is 2.76 bits per heavy atom. The number of anilines is 2. The number of nitrogens with two attached hydrogens (primary N) is 1. The van der Waals surface area contributed by atoms with Crippen molar-refractivity contribution in [3.63, 3.8) is 0 Å². The first-order valence-electron chi connectivity index (χ1n) is 6.40. The highest BCUT2D eigenvalue weighted by Gasteiger charge is 2.12. The zero-order chi connectivity index (χ0) is 15.0. The molecule has 0 bridgehead atoms. The summed E-state index contributed by atoms with van der Waals surface area (Å²) in [6.07, 6.45) is 0. The number of nitrogen functional groups attached to an aromatic ring is 1. The number of nitrogens with zero attached hydrogens (tertiary/aromatic N) is 1. The number of benzene rings is 2. The van der Waals surface area contributed by atoms with Crippen LogP contribution in [0.3, 0.4) is 0 Å². The minimum Gasteiger partial charge on any atom is -0.399 e. The lowest BCUT2D eigenvalue weighted by Gasteiger charge is -2.14. The van der Waals surface area contributed by atoms with Gasteiger partial charge in [0.15, 0.2) is 5.13 Å². The molecule has 3 N–H and O–H groups in total. The summed E-state index contributed by atoms with van der Waals surface area (Å²) < 4.78 is 1.06. The minimum atomic E-state index is 0.0349. The number of rotatable bonds is 3. The molecule has 0 aliphatic heterocycles. The summed E-state index contributed by atoms with van der Waals surface area (Å²) in [4.78, 5) is 4.55. The minimum absolute atomic E-state index is 0.0349. The van der Waals surface area contributed by atoms with E-state index in [0.717, 1.165) is 26.6 Å². The average Bonchev–Trinajstić information content (AvgIpc) is 2.79. The standard InChI is InChI=1S/C15H13Cl2N3S/c1-8(11-4-2-9(16)6-12(11)17)19-15-20-13-5-3-10(18)7-14(13)21-15/h2-8H,18H2,1H3,(H,19,20). The summed E-state index contributed by atoms with van der Waals surface area (Å²) in [5.74, 6) is 0. The van der Waals surface area contributed by atoms with E-state index in [1.54, 1.807) is 17.4 Å². The highest BCUT2D eigenvalue weighted by molar-refractivity contribution is 7.22. The van der Waals surface area contributed by atoms with Gasteiger partial charge in [-0.2, -0.15) is 0 Å². The van der Waals surface area contributed by atoms with Crippen LogP contribution in [0.25, 0.3) is 10.2 Å². The Kier molecular flexibility index (Phi) is 3.93. The molecule has 0 aliphatic rings. The van der Waals surface area contributed by atoms with Gasteiger partial charge in [-0.25, -0.2) is 4.98 Å². The SMILES string of the molecule is CC(Nc1nc2ccc(N)cc2s1)c1ccc(Cl)cc1Cl. The lowest BCUT2D eigenvalue weighted by atomic mass is 10.1. The van der Waals surface area contributed by atoms with Crippen LogP contribution in [0.4, 0.5) is 10.8 Å². The maximum Gasteiger partial charge on any atom is 0.184 e. The van der Waals surface area contributed by atoms with Gasteiger partial charge in [-0.1, -0.05) is 40.6 Å². The van der Waals surface area contributed by atoms with Crippen LogP contribution in [-0.4, -0.2) is 4.98 Å². The number of halogens is 2. The number of hydrogen-bond donors (Lipinski definition) is 2. The fraction of sp³-hybridized carbons (Fsp3) is 0.133. The van der Waals surface area contributed by atoms with Crippen LogP contribution < -0.4 is 11.1 Å². The number of thiazole rings is 1. The molecule has 0 fully saturated rings. The summed E-state index contributed by atoms with van der Waals surface area (Å²) in [6, 6.07) is 11.2. The van der Waals surface area contributed by atoms with Crippen molar-refractivity contribution in [2.75, 3.05) is 11.1 Å². The predicted octanol–water partition coefficient (Wildman–Crippen LogP) is 5.36. The second-order valence-corrected chi connectivity index (χ2v) is 6.65. The van der Waals surface area contributed by atoms with Crippen molar-refractivity contribution in [1.29, 1.82) is 0 Å². The number of hydrogen-bond acceptors (Lipinski definition) is 4. The van der Waals surface area contributed by atoms with Gasteiger partial charge in [-0.05, 0) is 42.8 Å². The molecular weight excluding hydrogens is 325 g/mol. The topological polar surface area (TPSA) is 50.9 Å². The number of fused-ring (bicyclic) bond motifs is 1. The summed E-state index contributed by atoms with van der Waals surface area (Å²) in [7, 11) is 0. The molecule has 0 radical (unpaired) electrons.